The second kappa shape index (κ2) is 5.79. The summed E-state index contributed by atoms with van der Waals surface area (Å²) in [4.78, 5) is 21.1. The maximum atomic E-state index is 11.8. The van der Waals surface area contributed by atoms with Crippen molar-refractivity contribution in [3.8, 4) is 0 Å². The van der Waals surface area contributed by atoms with Crippen LogP contribution in [0.5, 0.6) is 0 Å². The Morgan fingerprint density at radius 3 is 3.08 bits per heavy atom. The van der Waals surface area contributed by atoms with Crippen molar-refractivity contribution in [2.75, 3.05) is 6.54 Å². The topological polar surface area (TPSA) is 74.2 Å². The molecule has 0 saturated heterocycles. The molecule has 2 aromatic heterocycles. The van der Waals surface area contributed by atoms with Gasteiger partial charge in [-0.05, 0) is 30.0 Å². The molecule has 124 valence electrons. The van der Waals surface area contributed by atoms with Gasteiger partial charge in [0.25, 0.3) is 0 Å². The summed E-state index contributed by atoms with van der Waals surface area (Å²) in [7, 11) is 0. The van der Waals surface area contributed by atoms with Gasteiger partial charge >= 0.3 is 5.97 Å². The molecule has 0 spiro atoms. The summed E-state index contributed by atoms with van der Waals surface area (Å²) < 4.78 is 2.20. The Hall–Kier alpha value is -2.60. The van der Waals surface area contributed by atoms with Crippen LogP contribution in [0.2, 0.25) is 0 Å². The molecule has 0 amide bonds. The van der Waals surface area contributed by atoms with Crippen molar-refractivity contribution in [1.29, 1.82) is 0 Å². The van der Waals surface area contributed by atoms with Crippen LogP contribution < -0.4 is 0 Å². The minimum Gasteiger partial charge on any atom is -0.480 e. The minimum atomic E-state index is -0.846. The number of benzene rings is 1. The number of carbonyl (C=O) groups is 1. The lowest BCUT2D eigenvalue weighted by Crippen LogP contribution is -2.39. The second-order valence-electron chi connectivity index (χ2n) is 6.22. The zero-order chi connectivity index (χ0) is 16.7. The summed E-state index contributed by atoms with van der Waals surface area (Å²) >= 11 is 0. The lowest BCUT2D eigenvalue weighted by atomic mass is 10.0. The predicted octanol–water partition coefficient (Wildman–Crippen LogP) is 2.57. The van der Waals surface area contributed by atoms with Gasteiger partial charge in [0.2, 0.25) is 0 Å². The highest BCUT2D eigenvalue weighted by Crippen LogP contribution is 2.29. The van der Waals surface area contributed by atoms with Gasteiger partial charge in [-0.2, -0.15) is 0 Å². The largest absolute Gasteiger partial charge is 0.480 e. The van der Waals surface area contributed by atoms with Gasteiger partial charge in [-0.25, -0.2) is 4.98 Å². The van der Waals surface area contributed by atoms with E-state index in [0.29, 0.717) is 18.8 Å². The van der Waals surface area contributed by atoms with Crippen LogP contribution in [0, 0.1) is 0 Å². The number of hydrogen-bond donors (Lipinski definition) is 2. The second-order valence-corrected chi connectivity index (χ2v) is 6.22. The lowest BCUT2D eigenvalue weighted by Gasteiger charge is -2.32. The molecule has 0 aliphatic carbocycles. The van der Waals surface area contributed by atoms with Gasteiger partial charge in [-0.1, -0.05) is 12.1 Å². The van der Waals surface area contributed by atoms with E-state index in [1.165, 1.54) is 10.9 Å². The minimum absolute atomic E-state index is 0.605. The average Bonchev–Trinajstić information content (AvgIpc) is 3.20. The number of nitrogens with zero attached hydrogens (tertiary/aromatic N) is 3. The molecular weight excluding hydrogens is 304 g/mol. The Bertz CT molecular complexity index is 895. The van der Waals surface area contributed by atoms with Gasteiger partial charge in [0, 0.05) is 43.5 Å². The summed E-state index contributed by atoms with van der Waals surface area (Å²) in [6, 6.07) is 7.78. The number of nitrogens with one attached hydrogen (secondary N) is 1. The molecule has 0 radical (unpaired) electrons. The Morgan fingerprint density at radius 2 is 2.29 bits per heavy atom. The zero-order valence-corrected chi connectivity index (χ0v) is 13.6. The number of aromatic amines is 1. The summed E-state index contributed by atoms with van der Waals surface area (Å²) in [5.41, 5.74) is 3.90. The predicted molar refractivity (Wildman–Crippen MR) is 90.7 cm³/mol. The Kier molecular flexibility index (Phi) is 3.61. The van der Waals surface area contributed by atoms with Crippen molar-refractivity contribution < 1.29 is 9.90 Å². The molecule has 1 aliphatic rings. The molecule has 1 atom stereocenters. The zero-order valence-electron chi connectivity index (χ0n) is 13.6. The normalized spacial score (nSPS) is 18.0. The van der Waals surface area contributed by atoms with Gasteiger partial charge in [0.15, 0.2) is 6.04 Å². The molecule has 0 saturated carbocycles. The van der Waals surface area contributed by atoms with Crippen molar-refractivity contribution in [2.24, 2.45) is 0 Å². The van der Waals surface area contributed by atoms with E-state index in [1.54, 1.807) is 6.33 Å². The fourth-order valence-corrected chi connectivity index (χ4v) is 3.61. The Morgan fingerprint density at radius 1 is 1.42 bits per heavy atom. The highest BCUT2D eigenvalue weighted by Gasteiger charge is 2.35. The molecule has 1 aliphatic heterocycles. The quantitative estimate of drug-likeness (QED) is 0.773. The van der Waals surface area contributed by atoms with Gasteiger partial charge in [-0.3, -0.25) is 9.69 Å². The molecule has 6 nitrogen and oxygen atoms in total. The first-order chi connectivity index (χ1) is 11.7. The van der Waals surface area contributed by atoms with Crippen LogP contribution in [0.3, 0.4) is 0 Å². The third-order valence-corrected chi connectivity index (χ3v) is 4.82. The van der Waals surface area contributed by atoms with E-state index in [4.69, 9.17) is 0 Å². The van der Waals surface area contributed by atoms with Crippen LogP contribution in [0.4, 0.5) is 0 Å². The molecule has 0 fully saturated rings. The van der Waals surface area contributed by atoms with E-state index in [9.17, 15) is 9.90 Å². The van der Waals surface area contributed by atoms with Gasteiger partial charge < -0.3 is 14.7 Å². The van der Waals surface area contributed by atoms with Crippen LogP contribution in [0.1, 0.15) is 29.9 Å². The van der Waals surface area contributed by atoms with Crippen LogP contribution in [-0.4, -0.2) is 37.1 Å². The van der Waals surface area contributed by atoms with E-state index in [-0.39, 0.29) is 0 Å². The van der Waals surface area contributed by atoms with Crippen LogP contribution in [0.25, 0.3) is 10.9 Å². The average molecular weight is 324 g/mol. The van der Waals surface area contributed by atoms with Crippen molar-refractivity contribution in [1.82, 2.24) is 19.4 Å². The highest BCUT2D eigenvalue weighted by molar-refractivity contribution is 5.81. The van der Waals surface area contributed by atoms with Crippen LogP contribution in [-0.2, 0) is 24.3 Å². The van der Waals surface area contributed by atoms with E-state index < -0.39 is 12.0 Å². The third-order valence-electron chi connectivity index (χ3n) is 4.82. The summed E-state index contributed by atoms with van der Waals surface area (Å²) in [5.74, 6) is -0.846. The molecule has 1 aromatic carbocycles. The summed E-state index contributed by atoms with van der Waals surface area (Å²) in [5, 5.41) is 10.9. The van der Waals surface area contributed by atoms with E-state index >= 15 is 0 Å². The van der Waals surface area contributed by atoms with Gasteiger partial charge in [0.05, 0.1) is 12.0 Å². The summed E-state index contributed by atoms with van der Waals surface area (Å²) in [6.45, 7) is 4.36. The number of aryl methyl sites for hydroxylation is 1. The first kappa shape index (κ1) is 15.0. The number of aliphatic carboxylic acids is 1. The van der Waals surface area contributed by atoms with E-state index in [1.807, 2.05) is 4.90 Å². The Balaban J connectivity index is 1.66. The number of imidazole rings is 1. The molecule has 3 aromatic rings. The number of rotatable bonds is 4. The monoisotopic (exact) mass is 324 g/mol. The number of carboxylic acids is 1. The third kappa shape index (κ3) is 2.39. The SMILES string of the molecule is CCn1ccc2ccc(CN3CCc4[nH]cnc4[C@@H]3C(=O)O)cc21. The van der Waals surface area contributed by atoms with Crippen molar-refractivity contribution in [3.63, 3.8) is 0 Å². The number of aromatic nitrogens is 3. The lowest BCUT2D eigenvalue weighted by molar-refractivity contribution is -0.144. The fraction of sp³-hybridized carbons (Fsp3) is 0.333. The maximum absolute atomic E-state index is 11.8. The number of hydrogen-bond acceptors (Lipinski definition) is 3. The molecule has 4 rings (SSSR count). The van der Waals surface area contributed by atoms with E-state index in [0.717, 1.165) is 24.2 Å². The molecular formula is C18H20N4O2. The molecule has 3 heterocycles. The highest BCUT2D eigenvalue weighted by atomic mass is 16.4. The standard InChI is InChI=1S/C18H20N4O2/c1-2-21-7-5-13-4-3-12(9-15(13)21)10-22-8-6-14-16(20-11-19-14)17(22)18(23)24/h3-5,7,9,11,17H,2,6,8,10H2,1H3,(H,19,20)(H,23,24)/t17-/m1/s1. The van der Waals surface area contributed by atoms with Gasteiger partial charge in [-0.15, -0.1) is 0 Å². The first-order valence-electron chi connectivity index (χ1n) is 8.24. The molecule has 2 N–H and O–H groups in total. The van der Waals surface area contributed by atoms with Gasteiger partial charge in [0.1, 0.15) is 0 Å². The molecule has 0 bridgehead atoms. The summed E-state index contributed by atoms with van der Waals surface area (Å²) in [6.07, 6.45) is 4.47. The molecule has 24 heavy (non-hydrogen) atoms. The van der Waals surface area contributed by atoms with Crippen LogP contribution >= 0.6 is 0 Å². The first-order valence-corrected chi connectivity index (χ1v) is 8.24. The maximum Gasteiger partial charge on any atom is 0.327 e. The fourth-order valence-electron chi connectivity index (χ4n) is 3.61. The molecule has 6 heteroatoms. The van der Waals surface area contributed by atoms with Crippen LogP contribution in [0.15, 0.2) is 36.8 Å². The smallest absolute Gasteiger partial charge is 0.327 e. The number of H-pyrrole nitrogens is 1. The number of fused-ring (bicyclic) bond motifs is 2. The number of carboxylic acid groups (broad SMARTS) is 1. The van der Waals surface area contributed by atoms with Crippen molar-refractivity contribution in [3.05, 3.63) is 53.7 Å². The molecule has 0 unspecified atom stereocenters. The van der Waals surface area contributed by atoms with E-state index in [2.05, 4.69) is 51.9 Å². The van der Waals surface area contributed by atoms with Crippen molar-refractivity contribution >= 4 is 16.9 Å². The van der Waals surface area contributed by atoms with Crippen molar-refractivity contribution in [2.45, 2.75) is 32.5 Å². The Labute approximate surface area is 139 Å².